The summed E-state index contributed by atoms with van der Waals surface area (Å²) < 4.78 is 1.75. The van der Waals surface area contributed by atoms with Gasteiger partial charge >= 0.3 is 0 Å². The van der Waals surface area contributed by atoms with E-state index in [1.807, 2.05) is 30.5 Å². The van der Waals surface area contributed by atoms with Crippen LogP contribution in [0.2, 0.25) is 0 Å². The van der Waals surface area contributed by atoms with Crippen LogP contribution in [0, 0.1) is 17.2 Å². The number of carbonyl (C=O) groups excluding carboxylic acids is 1. The molecule has 5 rings (SSSR count). The molecule has 9 nitrogen and oxygen atoms in total. The Morgan fingerprint density at radius 1 is 1.33 bits per heavy atom. The number of rotatable bonds is 4. The van der Waals surface area contributed by atoms with Crippen LogP contribution in [0.15, 0.2) is 36.7 Å². The number of benzene rings is 1. The molecule has 9 heteroatoms. The van der Waals surface area contributed by atoms with E-state index in [-0.39, 0.29) is 11.8 Å². The number of nitrogens with zero attached hydrogens (tertiary/aromatic N) is 6. The van der Waals surface area contributed by atoms with Gasteiger partial charge in [-0.15, -0.1) is 0 Å². The number of fused-ring (bicyclic) bond motifs is 3. The second-order valence-corrected chi connectivity index (χ2v) is 7.55. The first-order valence-corrected chi connectivity index (χ1v) is 9.86. The second kappa shape index (κ2) is 7.15. The average molecular weight is 400 g/mol. The lowest BCUT2D eigenvalue weighted by molar-refractivity contribution is -0.130. The molecule has 0 spiro atoms. The van der Waals surface area contributed by atoms with Crippen LogP contribution in [0.1, 0.15) is 12.8 Å². The first-order valence-electron chi connectivity index (χ1n) is 9.86. The molecule has 1 saturated heterocycles. The topological polar surface area (TPSA) is 130 Å². The van der Waals surface area contributed by atoms with E-state index in [4.69, 9.17) is 11.0 Å². The van der Waals surface area contributed by atoms with Gasteiger partial charge in [-0.1, -0.05) is 6.07 Å². The van der Waals surface area contributed by atoms with Gasteiger partial charge in [0.15, 0.2) is 0 Å². The summed E-state index contributed by atoms with van der Waals surface area (Å²) in [5.41, 5.74) is 9.50. The Hall–Kier alpha value is -3.93. The molecular weight excluding hydrogens is 380 g/mol. The van der Waals surface area contributed by atoms with Gasteiger partial charge in [-0.25, -0.2) is 4.98 Å². The molecule has 30 heavy (non-hydrogen) atoms. The Morgan fingerprint density at radius 2 is 2.23 bits per heavy atom. The quantitative estimate of drug-likeness (QED) is 0.541. The maximum atomic E-state index is 12.5. The lowest BCUT2D eigenvalue weighted by Crippen LogP contribution is -2.29. The monoisotopic (exact) mass is 400 g/mol. The summed E-state index contributed by atoms with van der Waals surface area (Å²) in [6, 6.07) is 10.0. The van der Waals surface area contributed by atoms with Crippen molar-refractivity contribution < 1.29 is 4.79 Å². The third kappa shape index (κ3) is 3.12. The number of amides is 1. The summed E-state index contributed by atoms with van der Waals surface area (Å²) in [6.07, 6.45) is 4.70. The normalized spacial score (nSPS) is 16.4. The number of aromatic amines is 1. The number of hydrogen-bond donors (Lipinski definition) is 2. The van der Waals surface area contributed by atoms with Crippen LogP contribution >= 0.6 is 0 Å². The lowest BCUT2D eigenvalue weighted by atomic mass is 10.1. The summed E-state index contributed by atoms with van der Waals surface area (Å²) in [5, 5.41) is 22.4. The number of nitrogen functional groups attached to an aromatic ring is 1. The number of anilines is 1. The van der Waals surface area contributed by atoms with E-state index in [0.717, 1.165) is 39.5 Å². The van der Waals surface area contributed by atoms with Gasteiger partial charge in [0, 0.05) is 49.4 Å². The molecular formula is C21H20N8O. The predicted octanol–water partition coefficient (Wildman–Crippen LogP) is 2.32. The van der Waals surface area contributed by atoms with Crippen molar-refractivity contribution in [2.75, 3.05) is 18.8 Å². The molecule has 0 bridgehead atoms. The molecule has 0 unspecified atom stereocenters. The Bertz CT molecular complexity index is 1280. The number of aromatic nitrogens is 5. The Kier molecular flexibility index (Phi) is 4.32. The van der Waals surface area contributed by atoms with Crippen LogP contribution in [0.4, 0.5) is 5.82 Å². The fourth-order valence-electron chi connectivity index (χ4n) is 3.98. The number of nitriles is 1. The number of nitrogens with one attached hydrogen (secondary N) is 1. The van der Waals surface area contributed by atoms with E-state index in [0.29, 0.717) is 31.9 Å². The third-order valence-corrected chi connectivity index (χ3v) is 5.61. The Labute approximate surface area is 172 Å². The zero-order valence-electron chi connectivity index (χ0n) is 16.2. The van der Waals surface area contributed by atoms with E-state index in [9.17, 15) is 4.79 Å². The molecule has 1 aromatic carbocycles. The van der Waals surface area contributed by atoms with Crippen LogP contribution in [-0.2, 0) is 11.3 Å². The summed E-state index contributed by atoms with van der Waals surface area (Å²) in [7, 11) is 0. The lowest BCUT2D eigenvalue weighted by Gasteiger charge is -2.15. The minimum absolute atomic E-state index is 0.0481. The van der Waals surface area contributed by atoms with Crippen molar-refractivity contribution in [3.63, 3.8) is 0 Å². The molecule has 3 N–H and O–H groups in total. The first-order chi connectivity index (χ1) is 14.6. The number of aryl methyl sites for hydroxylation is 1. The molecule has 4 heterocycles. The van der Waals surface area contributed by atoms with Gasteiger partial charge in [0.2, 0.25) is 5.91 Å². The smallest absolute Gasteiger partial charge is 0.224 e. The maximum absolute atomic E-state index is 12.5. The van der Waals surface area contributed by atoms with Crippen LogP contribution in [0.5, 0.6) is 0 Å². The molecule has 1 atom stereocenters. The number of pyridine rings is 1. The van der Waals surface area contributed by atoms with E-state index in [2.05, 4.69) is 26.3 Å². The van der Waals surface area contributed by atoms with E-state index in [1.54, 1.807) is 15.8 Å². The number of hydrogen-bond acceptors (Lipinski definition) is 6. The van der Waals surface area contributed by atoms with Gasteiger partial charge in [0.25, 0.3) is 0 Å². The van der Waals surface area contributed by atoms with E-state index >= 15 is 0 Å². The van der Waals surface area contributed by atoms with Crippen molar-refractivity contribution in [1.82, 2.24) is 29.9 Å². The van der Waals surface area contributed by atoms with Gasteiger partial charge in [-0.2, -0.15) is 15.5 Å². The highest BCUT2D eigenvalue weighted by molar-refractivity contribution is 6.08. The van der Waals surface area contributed by atoms with Crippen LogP contribution in [0.25, 0.3) is 33.1 Å². The molecule has 150 valence electrons. The highest BCUT2D eigenvalue weighted by Gasteiger charge is 2.25. The first kappa shape index (κ1) is 18.1. The van der Waals surface area contributed by atoms with E-state index < -0.39 is 0 Å². The van der Waals surface area contributed by atoms with Gasteiger partial charge in [-0.05, 0) is 24.6 Å². The van der Waals surface area contributed by atoms with Gasteiger partial charge in [0.1, 0.15) is 11.3 Å². The molecule has 3 aromatic heterocycles. The summed E-state index contributed by atoms with van der Waals surface area (Å²) in [4.78, 5) is 18.8. The van der Waals surface area contributed by atoms with Crippen molar-refractivity contribution in [3.8, 4) is 17.3 Å². The zero-order chi connectivity index (χ0) is 20.7. The van der Waals surface area contributed by atoms with Crippen molar-refractivity contribution in [3.05, 3.63) is 36.7 Å². The molecule has 1 aliphatic rings. The Balaban J connectivity index is 1.41. The molecule has 1 fully saturated rings. The highest BCUT2D eigenvalue weighted by Crippen LogP contribution is 2.30. The largest absolute Gasteiger partial charge is 0.383 e. The number of H-pyrrole nitrogens is 1. The van der Waals surface area contributed by atoms with Crippen LogP contribution < -0.4 is 5.73 Å². The van der Waals surface area contributed by atoms with Crippen molar-refractivity contribution in [2.45, 2.75) is 19.4 Å². The van der Waals surface area contributed by atoms with Crippen molar-refractivity contribution in [1.29, 1.82) is 5.26 Å². The Morgan fingerprint density at radius 3 is 3.00 bits per heavy atom. The van der Waals surface area contributed by atoms with Crippen molar-refractivity contribution in [2.24, 2.45) is 5.92 Å². The van der Waals surface area contributed by atoms with Gasteiger partial charge in [-0.3, -0.25) is 14.6 Å². The molecule has 0 saturated carbocycles. The summed E-state index contributed by atoms with van der Waals surface area (Å²) in [5.74, 6) is 0.405. The third-order valence-electron chi connectivity index (χ3n) is 5.61. The molecule has 4 aromatic rings. The predicted molar refractivity (Wildman–Crippen MR) is 112 cm³/mol. The van der Waals surface area contributed by atoms with Gasteiger partial charge < -0.3 is 10.6 Å². The SMILES string of the molecule is N#C[C@H]1CCN(C(=O)CCn2cc3c(N)nc4cc(-c5cc[nH]n5)ccc4c3n2)C1. The van der Waals surface area contributed by atoms with E-state index in [1.165, 1.54) is 0 Å². The molecule has 1 aliphatic heterocycles. The van der Waals surface area contributed by atoms with Gasteiger partial charge in [0.05, 0.1) is 28.6 Å². The molecule has 0 radical (unpaired) electrons. The summed E-state index contributed by atoms with van der Waals surface area (Å²) >= 11 is 0. The number of carbonyl (C=O) groups is 1. The van der Waals surface area contributed by atoms with Crippen LogP contribution in [0.3, 0.4) is 0 Å². The number of nitrogens with two attached hydrogens (primary N) is 1. The van der Waals surface area contributed by atoms with Crippen LogP contribution in [-0.4, -0.2) is 48.9 Å². The molecule has 0 aliphatic carbocycles. The zero-order valence-corrected chi connectivity index (χ0v) is 16.2. The minimum Gasteiger partial charge on any atom is -0.383 e. The van der Waals surface area contributed by atoms with Crippen molar-refractivity contribution >= 4 is 33.5 Å². The standard InChI is InChI=1S/C21H20N8O/c22-10-13-4-7-28(11-13)19(30)5-8-29-12-16-20(27-29)15-2-1-14(17-3-6-24-26-17)9-18(15)25-21(16)23/h1-3,6,9,12-13H,4-5,7-8,11H2,(H2,23,25)(H,24,26)/t13-/m1/s1. The maximum Gasteiger partial charge on any atom is 0.224 e. The number of likely N-dealkylation sites (tertiary alicyclic amines) is 1. The summed E-state index contributed by atoms with van der Waals surface area (Å²) in [6.45, 7) is 1.63. The second-order valence-electron chi connectivity index (χ2n) is 7.55. The molecule has 1 amide bonds. The average Bonchev–Trinajstić information content (AvgIpc) is 3.52. The highest BCUT2D eigenvalue weighted by atomic mass is 16.2. The minimum atomic E-state index is -0.0511. The fraction of sp³-hybridized carbons (Fsp3) is 0.286. The fourth-order valence-corrected chi connectivity index (χ4v) is 3.98.